The second-order valence-electron chi connectivity index (χ2n) is 4.62. The molecule has 1 aromatic carbocycles. The maximum atomic E-state index is 6.09. The molecule has 0 saturated carbocycles. The quantitative estimate of drug-likeness (QED) is 0.910. The van der Waals surface area contributed by atoms with Crippen molar-refractivity contribution in [1.29, 1.82) is 0 Å². The van der Waals surface area contributed by atoms with E-state index in [4.69, 9.17) is 16.3 Å². The Balaban J connectivity index is 2.42. The maximum Gasteiger partial charge on any atom is 0.137 e. The molecule has 0 radical (unpaired) electrons. The highest BCUT2D eigenvalue weighted by molar-refractivity contribution is 6.32. The lowest BCUT2D eigenvalue weighted by Gasteiger charge is -2.20. The van der Waals surface area contributed by atoms with Crippen LogP contribution in [0.15, 0.2) is 36.5 Å². The Kier molecular flexibility index (Phi) is 4.99. The summed E-state index contributed by atoms with van der Waals surface area (Å²) in [6.07, 6.45) is 1.84. The zero-order valence-corrected chi connectivity index (χ0v) is 12.7. The van der Waals surface area contributed by atoms with Crippen LogP contribution in [0.25, 0.3) is 0 Å². The second-order valence-corrected chi connectivity index (χ2v) is 5.02. The summed E-state index contributed by atoms with van der Waals surface area (Å²) in [7, 11) is 1.63. The van der Waals surface area contributed by atoms with E-state index in [0.717, 1.165) is 17.8 Å². The molecule has 1 unspecified atom stereocenters. The van der Waals surface area contributed by atoms with Crippen molar-refractivity contribution in [2.24, 2.45) is 0 Å². The van der Waals surface area contributed by atoms with Crippen LogP contribution in [-0.4, -0.2) is 18.6 Å². The third-order valence-corrected chi connectivity index (χ3v) is 3.48. The van der Waals surface area contributed by atoms with Gasteiger partial charge in [-0.3, -0.25) is 4.98 Å². The van der Waals surface area contributed by atoms with E-state index in [-0.39, 0.29) is 6.04 Å². The van der Waals surface area contributed by atoms with Crippen molar-refractivity contribution >= 4 is 11.6 Å². The molecule has 0 spiro atoms. The van der Waals surface area contributed by atoms with Crippen molar-refractivity contribution in [3.05, 3.63) is 58.4 Å². The number of nitrogens with zero attached hydrogens (tertiary/aromatic N) is 1. The molecule has 0 saturated heterocycles. The molecule has 3 nitrogen and oxygen atoms in total. The van der Waals surface area contributed by atoms with Gasteiger partial charge >= 0.3 is 0 Å². The smallest absolute Gasteiger partial charge is 0.137 e. The number of nitrogens with one attached hydrogen (secondary N) is 1. The van der Waals surface area contributed by atoms with Gasteiger partial charge in [-0.15, -0.1) is 0 Å². The molecule has 0 amide bonds. The number of aromatic nitrogens is 1. The Morgan fingerprint density at radius 2 is 2.00 bits per heavy atom. The molecule has 2 aromatic rings. The highest BCUT2D eigenvalue weighted by atomic mass is 35.5. The van der Waals surface area contributed by atoms with Gasteiger partial charge in [0.1, 0.15) is 5.75 Å². The molecule has 0 bridgehead atoms. The van der Waals surface area contributed by atoms with Crippen LogP contribution in [0.1, 0.15) is 29.8 Å². The summed E-state index contributed by atoms with van der Waals surface area (Å²) < 4.78 is 5.30. The first-order valence-electron chi connectivity index (χ1n) is 6.65. The van der Waals surface area contributed by atoms with Gasteiger partial charge in [0.15, 0.2) is 0 Å². The summed E-state index contributed by atoms with van der Waals surface area (Å²) in [6, 6.07) is 10.1. The van der Waals surface area contributed by atoms with E-state index in [1.165, 1.54) is 5.56 Å². The van der Waals surface area contributed by atoms with E-state index in [1.807, 2.05) is 37.4 Å². The third kappa shape index (κ3) is 3.30. The van der Waals surface area contributed by atoms with Crippen molar-refractivity contribution in [2.45, 2.75) is 19.9 Å². The minimum Gasteiger partial charge on any atom is -0.495 e. The molecule has 20 heavy (non-hydrogen) atoms. The number of hydrogen-bond acceptors (Lipinski definition) is 3. The minimum absolute atomic E-state index is 0.105. The van der Waals surface area contributed by atoms with E-state index >= 15 is 0 Å². The molecule has 4 heteroatoms. The van der Waals surface area contributed by atoms with Gasteiger partial charge in [-0.1, -0.05) is 24.6 Å². The Morgan fingerprint density at radius 1 is 1.25 bits per heavy atom. The van der Waals surface area contributed by atoms with Gasteiger partial charge in [0.05, 0.1) is 18.2 Å². The fraction of sp³-hybridized carbons (Fsp3) is 0.312. The summed E-state index contributed by atoms with van der Waals surface area (Å²) in [5.74, 6) is 0.692. The van der Waals surface area contributed by atoms with Crippen LogP contribution in [0.3, 0.4) is 0 Å². The normalized spacial score (nSPS) is 12.2. The molecule has 0 aliphatic heterocycles. The van der Waals surface area contributed by atoms with Gasteiger partial charge in [0.2, 0.25) is 0 Å². The second kappa shape index (κ2) is 6.73. The van der Waals surface area contributed by atoms with Gasteiger partial charge in [-0.05, 0) is 48.9 Å². The highest BCUT2D eigenvalue weighted by Gasteiger charge is 2.15. The predicted octanol–water partition coefficient (Wildman–Crippen LogP) is 3.75. The fourth-order valence-corrected chi connectivity index (χ4v) is 2.43. The summed E-state index contributed by atoms with van der Waals surface area (Å²) in [4.78, 5) is 4.25. The summed E-state index contributed by atoms with van der Waals surface area (Å²) in [5, 5.41) is 4.11. The lowest BCUT2D eigenvalue weighted by Crippen LogP contribution is -2.22. The van der Waals surface area contributed by atoms with E-state index < -0.39 is 0 Å². The molecule has 1 aromatic heterocycles. The SMILES string of the molecule is CCNC(c1ccnc(C)c1)c1ccc(Cl)c(OC)c1. The molecular formula is C16H19ClN2O. The average molecular weight is 291 g/mol. The molecule has 0 fully saturated rings. The van der Waals surface area contributed by atoms with Crippen LogP contribution in [-0.2, 0) is 0 Å². The molecule has 1 heterocycles. The summed E-state index contributed by atoms with van der Waals surface area (Å²) in [5.41, 5.74) is 3.31. The topological polar surface area (TPSA) is 34.2 Å². The van der Waals surface area contributed by atoms with Crippen molar-refractivity contribution in [3.63, 3.8) is 0 Å². The number of ether oxygens (including phenoxy) is 1. The van der Waals surface area contributed by atoms with Crippen molar-refractivity contribution in [2.75, 3.05) is 13.7 Å². The van der Waals surface area contributed by atoms with Crippen LogP contribution >= 0.6 is 11.6 Å². The van der Waals surface area contributed by atoms with E-state index in [2.05, 4.69) is 23.3 Å². The largest absolute Gasteiger partial charge is 0.495 e. The first-order valence-corrected chi connectivity index (χ1v) is 7.03. The lowest BCUT2D eigenvalue weighted by atomic mass is 9.98. The molecule has 1 atom stereocenters. The van der Waals surface area contributed by atoms with Crippen molar-refractivity contribution < 1.29 is 4.74 Å². The highest BCUT2D eigenvalue weighted by Crippen LogP contribution is 2.30. The van der Waals surface area contributed by atoms with Crippen molar-refractivity contribution in [3.8, 4) is 5.75 Å². The van der Waals surface area contributed by atoms with Crippen LogP contribution in [0.2, 0.25) is 5.02 Å². The number of aryl methyl sites for hydroxylation is 1. The number of pyridine rings is 1. The lowest BCUT2D eigenvalue weighted by molar-refractivity contribution is 0.414. The molecule has 106 valence electrons. The van der Waals surface area contributed by atoms with E-state index in [9.17, 15) is 0 Å². The van der Waals surface area contributed by atoms with Crippen LogP contribution < -0.4 is 10.1 Å². The molecule has 2 rings (SSSR count). The zero-order valence-electron chi connectivity index (χ0n) is 12.0. The predicted molar refractivity (Wildman–Crippen MR) is 82.5 cm³/mol. The van der Waals surface area contributed by atoms with E-state index in [0.29, 0.717) is 10.8 Å². The van der Waals surface area contributed by atoms with Gasteiger partial charge in [-0.25, -0.2) is 0 Å². The Bertz CT molecular complexity index is 586. The van der Waals surface area contributed by atoms with E-state index in [1.54, 1.807) is 7.11 Å². The summed E-state index contributed by atoms with van der Waals surface area (Å²) >= 11 is 6.09. The first-order chi connectivity index (χ1) is 9.65. The number of hydrogen-bond donors (Lipinski definition) is 1. The van der Waals surface area contributed by atoms with Crippen LogP contribution in [0, 0.1) is 6.92 Å². The van der Waals surface area contributed by atoms with Gasteiger partial charge in [-0.2, -0.15) is 0 Å². The Labute approximate surface area is 124 Å². The van der Waals surface area contributed by atoms with Crippen molar-refractivity contribution in [1.82, 2.24) is 10.3 Å². The number of rotatable bonds is 5. The monoisotopic (exact) mass is 290 g/mol. The molecule has 0 aliphatic rings. The average Bonchev–Trinajstić information content (AvgIpc) is 2.45. The molecular weight excluding hydrogens is 272 g/mol. The Morgan fingerprint density at radius 3 is 2.65 bits per heavy atom. The number of methoxy groups -OCH3 is 1. The minimum atomic E-state index is 0.105. The number of benzene rings is 1. The van der Waals surface area contributed by atoms with Gasteiger partial charge in [0, 0.05) is 11.9 Å². The molecule has 1 N–H and O–H groups in total. The fourth-order valence-electron chi connectivity index (χ4n) is 2.24. The van der Waals surface area contributed by atoms with Crippen LogP contribution in [0.4, 0.5) is 0 Å². The van der Waals surface area contributed by atoms with Gasteiger partial charge < -0.3 is 10.1 Å². The maximum absolute atomic E-state index is 6.09. The van der Waals surface area contributed by atoms with Gasteiger partial charge in [0.25, 0.3) is 0 Å². The van der Waals surface area contributed by atoms with Crippen LogP contribution in [0.5, 0.6) is 5.75 Å². The number of halogens is 1. The first kappa shape index (κ1) is 14.8. The zero-order chi connectivity index (χ0) is 14.5. The third-order valence-electron chi connectivity index (χ3n) is 3.17. The summed E-state index contributed by atoms with van der Waals surface area (Å²) in [6.45, 7) is 4.96. The standard InChI is InChI=1S/C16H19ClN2O/c1-4-18-16(13-7-8-19-11(2)9-13)12-5-6-14(17)15(10-12)20-3/h5-10,16,18H,4H2,1-3H3. The Hall–Kier alpha value is -1.58. The molecule has 0 aliphatic carbocycles.